The molecule has 1 saturated heterocycles. The maximum atomic E-state index is 13.0. The lowest BCUT2D eigenvalue weighted by molar-refractivity contribution is -0.154. The molecule has 2 aliphatic heterocycles. The number of fused-ring (bicyclic) bond motifs is 1. The molecular weight excluding hydrogens is 404 g/mol. The number of benzene rings is 3. The second-order valence-corrected chi connectivity index (χ2v) is 7.75. The fourth-order valence-corrected chi connectivity index (χ4v) is 4.39. The first-order valence-electron chi connectivity index (χ1n) is 10.5. The Hall–Kier alpha value is -3.86. The van der Waals surface area contributed by atoms with Crippen LogP contribution < -0.4 is 9.47 Å². The van der Waals surface area contributed by atoms with Crippen LogP contribution in [0.3, 0.4) is 0 Å². The average Bonchev–Trinajstić information content (AvgIpc) is 3.25. The molecule has 0 aliphatic carbocycles. The minimum atomic E-state index is -0.454. The summed E-state index contributed by atoms with van der Waals surface area (Å²) in [4.78, 5) is 13.0. The first-order valence-corrected chi connectivity index (χ1v) is 10.5. The Morgan fingerprint density at radius 2 is 1.41 bits per heavy atom. The van der Waals surface area contributed by atoms with Gasteiger partial charge in [0.1, 0.15) is 29.9 Å². The highest BCUT2D eigenvalue weighted by molar-refractivity contribution is 6.07. The van der Waals surface area contributed by atoms with Gasteiger partial charge in [-0.2, -0.15) is 0 Å². The largest absolute Gasteiger partial charge is 0.497 e. The van der Waals surface area contributed by atoms with Crippen molar-refractivity contribution in [1.29, 1.82) is 0 Å². The number of carbonyl (C=O) groups is 1. The van der Waals surface area contributed by atoms with Crippen LogP contribution >= 0.6 is 0 Å². The van der Waals surface area contributed by atoms with Crippen LogP contribution in [0.5, 0.6) is 11.5 Å². The van der Waals surface area contributed by atoms with Crippen LogP contribution in [-0.4, -0.2) is 32.6 Å². The quantitative estimate of drug-likeness (QED) is 0.433. The first-order chi connectivity index (χ1) is 15.7. The summed E-state index contributed by atoms with van der Waals surface area (Å²) in [6.07, 6.45) is 0. The van der Waals surface area contributed by atoms with Crippen molar-refractivity contribution in [2.24, 2.45) is 5.92 Å². The van der Waals surface area contributed by atoms with Gasteiger partial charge in [0, 0.05) is 0 Å². The third-order valence-corrected chi connectivity index (χ3v) is 6.00. The predicted octanol–water partition coefficient (Wildman–Crippen LogP) is 4.80. The van der Waals surface area contributed by atoms with Crippen LogP contribution in [0.25, 0.3) is 5.76 Å². The molecule has 0 saturated carbocycles. The minimum absolute atomic E-state index is 0.232. The molecule has 0 amide bonds. The third-order valence-electron chi connectivity index (χ3n) is 6.00. The molecule has 0 N–H and O–H groups in total. The molecule has 2 atom stereocenters. The number of ether oxygens (including phenoxy) is 3. The zero-order valence-corrected chi connectivity index (χ0v) is 17.9. The molecule has 0 aromatic heterocycles. The van der Waals surface area contributed by atoms with Crippen LogP contribution in [0, 0.1) is 5.92 Å². The van der Waals surface area contributed by atoms with E-state index in [0.29, 0.717) is 11.5 Å². The van der Waals surface area contributed by atoms with Crippen LogP contribution in [0.2, 0.25) is 0 Å². The Morgan fingerprint density at radius 3 is 2.03 bits per heavy atom. The highest BCUT2D eigenvalue weighted by Crippen LogP contribution is 2.45. The van der Waals surface area contributed by atoms with Crippen molar-refractivity contribution >= 4 is 17.5 Å². The first kappa shape index (κ1) is 20.1. The molecule has 3 aromatic rings. The number of rotatable bonds is 5. The van der Waals surface area contributed by atoms with Crippen LogP contribution in [0.4, 0.5) is 0 Å². The molecule has 32 heavy (non-hydrogen) atoms. The second kappa shape index (κ2) is 8.35. The molecule has 5 nitrogen and oxygen atoms in total. The van der Waals surface area contributed by atoms with E-state index in [1.165, 1.54) is 0 Å². The van der Waals surface area contributed by atoms with E-state index in [1.807, 2.05) is 78.9 Å². The minimum Gasteiger partial charge on any atom is -0.497 e. The van der Waals surface area contributed by atoms with E-state index in [2.05, 4.69) is 0 Å². The van der Waals surface area contributed by atoms with Crippen molar-refractivity contribution in [2.45, 2.75) is 5.92 Å². The number of hydrogen-bond donors (Lipinski definition) is 0. The van der Waals surface area contributed by atoms with Crippen molar-refractivity contribution in [3.05, 3.63) is 101 Å². The fourth-order valence-electron chi connectivity index (χ4n) is 4.39. The maximum absolute atomic E-state index is 13.0. The summed E-state index contributed by atoms with van der Waals surface area (Å²) in [5, 5.41) is 0. The Morgan fingerprint density at radius 1 is 0.781 bits per heavy atom. The van der Waals surface area contributed by atoms with Gasteiger partial charge >= 0.3 is 17.5 Å². The Kier molecular flexibility index (Phi) is 5.23. The van der Waals surface area contributed by atoms with Gasteiger partial charge in [0.25, 0.3) is 0 Å². The van der Waals surface area contributed by atoms with E-state index in [4.69, 9.17) is 18.6 Å². The highest BCUT2D eigenvalue weighted by Gasteiger charge is 2.53. The average molecular weight is 427 g/mol. The summed E-state index contributed by atoms with van der Waals surface area (Å²) < 4.78 is 22.8. The van der Waals surface area contributed by atoms with E-state index in [-0.39, 0.29) is 18.5 Å². The van der Waals surface area contributed by atoms with Crippen molar-refractivity contribution in [3.63, 3.8) is 0 Å². The van der Waals surface area contributed by atoms with Crippen LogP contribution in [0.1, 0.15) is 27.0 Å². The molecule has 2 unspecified atom stereocenters. The molecule has 5 heteroatoms. The van der Waals surface area contributed by atoms with Crippen molar-refractivity contribution in [3.8, 4) is 11.5 Å². The lowest BCUT2D eigenvalue weighted by Gasteiger charge is -2.21. The van der Waals surface area contributed by atoms with Gasteiger partial charge in [-0.1, -0.05) is 30.3 Å². The molecule has 3 aromatic carbocycles. The van der Waals surface area contributed by atoms with Crippen molar-refractivity contribution < 1.29 is 23.4 Å². The zero-order chi connectivity index (χ0) is 22.1. The zero-order valence-electron chi connectivity index (χ0n) is 17.9. The van der Waals surface area contributed by atoms with Crippen LogP contribution in [-0.2, 0) is 9.53 Å². The van der Waals surface area contributed by atoms with Gasteiger partial charge in [-0.05, 0) is 54.1 Å². The number of hydrogen-bond acceptors (Lipinski definition) is 4. The van der Waals surface area contributed by atoms with E-state index in [9.17, 15) is 4.79 Å². The lowest BCUT2D eigenvalue weighted by atomic mass is 9.76. The van der Waals surface area contributed by atoms with Gasteiger partial charge in [-0.25, -0.2) is 4.42 Å². The smallest absolute Gasteiger partial charge is 0.363 e. The van der Waals surface area contributed by atoms with E-state index in [0.717, 1.165) is 33.8 Å². The number of methoxy groups -OCH3 is 2. The molecule has 0 bridgehead atoms. The monoisotopic (exact) mass is 427 g/mol. The van der Waals surface area contributed by atoms with Gasteiger partial charge < -0.3 is 14.2 Å². The summed E-state index contributed by atoms with van der Waals surface area (Å²) >= 11 is 0. The predicted molar refractivity (Wildman–Crippen MR) is 121 cm³/mol. The highest BCUT2D eigenvalue weighted by atomic mass is 16.5. The van der Waals surface area contributed by atoms with Gasteiger partial charge in [-0.15, -0.1) is 0 Å². The molecular formula is C27H23O5+. The van der Waals surface area contributed by atoms with Gasteiger partial charge in [-0.3, -0.25) is 4.79 Å². The normalized spacial score (nSPS) is 19.8. The maximum Gasteiger partial charge on any atom is 0.363 e. The molecule has 0 radical (unpaired) electrons. The Balaban J connectivity index is 1.71. The fraction of sp³-hybridized carbons (Fsp3) is 0.185. The SMILES string of the molecule is COc1ccc(C2=[O+]C(c3ccccc3)=C3COC(=O)C3C2c2ccc(OC)cc2)cc1. The van der Waals surface area contributed by atoms with Gasteiger partial charge in [0.15, 0.2) is 0 Å². The Labute approximate surface area is 186 Å². The van der Waals surface area contributed by atoms with Crippen molar-refractivity contribution in [2.75, 3.05) is 20.8 Å². The summed E-state index contributed by atoms with van der Waals surface area (Å²) in [6, 6.07) is 25.3. The summed E-state index contributed by atoms with van der Waals surface area (Å²) in [7, 11) is 3.27. The second-order valence-electron chi connectivity index (χ2n) is 7.75. The van der Waals surface area contributed by atoms with Crippen LogP contribution in [0.15, 0.2) is 84.4 Å². The Bertz CT molecular complexity index is 1190. The lowest BCUT2D eigenvalue weighted by Crippen LogP contribution is -2.30. The van der Waals surface area contributed by atoms with Crippen molar-refractivity contribution in [1.82, 2.24) is 0 Å². The topological polar surface area (TPSA) is 56.1 Å². The number of cyclic esters (lactones) is 1. The molecule has 2 aliphatic rings. The third kappa shape index (κ3) is 3.46. The number of ketones is 1. The summed E-state index contributed by atoms with van der Waals surface area (Å²) in [6.45, 7) is 0.232. The standard InChI is InChI=1S/C27H23O5/c1-29-20-12-8-17(9-13-20)23-24-22(16-31-27(24)28)25(18-6-4-3-5-7-18)32-26(23)19-10-14-21(30-2)15-11-19/h3-15,23-24H,16H2,1-2H3/q+1. The van der Waals surface area contributed by atoms with Gasteiger partial charge in [0.05, 0.1) is 30.9 Å². The number of esters is 1. The molecule has 1 fully saturated rings. The van der Waals surface area contributed by atoms with E-state index in [1.54, 1.807) is 14.2 Å². The number of carbonyl (C=O) groups excluding carboxylic acids is 2. The summed E-state index contributed by atoms with van der Waals surface area (Å²) in [5.41, 5.74) is 3.65. The molecule has 2 heterocycles. The molecule has 0 spiro atoms. The summed E-state index contributed by atoms with van der Waals surface area (Å²) in [5.74, 6) is 1.92. The molecule has 5 rings (SSSR count). The van der Waals surface area contributed by atoms with E-state index < -0.39 is 5.92 Å². The van der Waals surface area contributed by atoms with E-state index >= 15 is 0 Å². The van der Waals surface area contributed by atoms with Gasteiger partial charge in [0.2, 0.25) is 0 Å². The molecule has 160 valence electrons.